The Balaban J connectivity index is 2.24. The predicted molar refractivity (Wildman–Crippen MR) is 80.5 cm³/mol. The molecule has 1 aromatic heterocycles. The molecule has 0 aliphatic carbocycles. The van der Waals surface area contributed by atoms with E-state index in [0.717, 1.165) is 23.7 Å². The molecule has 0 radical (unpaired) electrons. The van der Waals surface area contributed by atoms with Gasteiger partial charge in [-0.15, -0.1) is 0 Å². The molecule has 2 rings (SSSR count). The number of hydrogen-bond donors (Lipinski definition) is 1. The molecule has 1 aromatic carbocycles. The molecule has 1 N–H and O–H groups in total. The maximum Gasteiger partial charge on any atom is 0.0605 e. The average Bonchev–Trinajstić information content (AvgIpc) is 2.39. The summed E-state index contributed by atoms with van der Waals surface area (Å²) in [6, 6.07) is 12.3. The first-order valence-electron chi connectivity index (χ1n) is 6.60. The smallest absolute Gasteiger partial charge is 0.0605 e. The molecular weight excluding hydrogens is 256 g/mol. The summed E-state index contributed by atoms with van der Waals surface area (Å²) in [5.74, 6) is 0. The number of benzene rings is 1. The van der Waals surface area contributed by atoms with E-state index in [-0.39, 0.29) is 6.04 Å². The van der Waals surface area contributed by atoms with Crippen LogP contribution in [0.1, 0.15) is 29.8 Å². The number of nitrogens with zero attached hydrogens (tertiary/aromatic N) is 1. The summed E-state index contributed by atoms with van der Waals surface area (Å²) in [5.41, 5.74) is 3.56. The van der Waals surface area contributed by atoms with E-state index >= 15 is 0 Å². The molecular formula is C16H19ClN2. The molecule has 0 saturated carbocycles. The first kappa shape index (κ1) is 14.0. The lowest BCUT2D eigenvalue weighted by Crippen LogP contribution is -2.24. The molecule has 3 heteroatoms. The molecule has 0 saturated heterocycles. The van der Waals surface area contributed by atoms with Gasteiger partial charge in [0.1, 0.15) is 0 Å². The Hall–Kier alpha value is -1.38. The molecule has 1 heterocycles. The van der Waals surface area contributed by atoms with Crippen LogP contribution in [0.5, 0.6) is 0 Å². The Labute approximate surface area is 119 Å². The maximum absolute atomic E-state index is 6.05. The average molecular weight is 275 g/mol. The van der Waals surface area contributed by atoms with E-state index in [1.54, 1.807) is 0 Å². The number of aryl methyl sites for hydroxylation is 1. The molecule has 0 bridgehead atoms. The molecule has 0 aliphatic rings. The topological polar surface area (TPSA) is 24.9 Å². The Kier molecular flexibility index (Phi) is 4.94. The van der Waals surface area contributed by atoms with Gasteiger partial charge in [0, 0.05) is 11.2 Å². The number of halogens is 1. The molecule has 19 heavy (non-hydrogen) atoms. The highest BCUT2D eigenvalue weighted by Gasteiger charge is 2.14. The van der Waals surface area contributed by atoms with Crippen molar-refractivity contribution in [2.24, 2.45) is 0 Å². The minimum absolute atomic E-state index is 0.227. The third-order valence-corrected chi connectivity index (χ3v) is 3.39. The molecule has 1 atom stereocenters. The summed E-state index contributed by atoms with van der Waals surface area (Å²) in [6.07, 6.45) is 2.75. The number of pyridine rings is 1. The van der Waals surface area contributed by atoms with Crippen LogP contribution in [0.3, 0.4) is 0 Å². The second-order valence-corrected chi connectivity index (χ2v) is 5.09. The van der Waals surface area contributed by atoms with E-state index in [1.165, 1.54) is 11.1 Å². The van der Waals surface area contributed by atoms with Gasteiger partial charge in [0.05, 0.1) is 11.7 Å². The number of likely N-dealkylation sites (N-methyl/N-ethyl adjacent to an activating group) is 1. The van der Waals surface area contributed by atoms with Crippen LogP contribution in [-0.4, -0.2) is 11.5 Å². The van der Waals surface area contributed by atoms with Gasteiger partial charge in [-0.05, 0) is 49.2 Å². The van der Waals surface area contributed by atoms with Crippen molar-refractivity contribution in [3.8, 4) is 0 Å². The van der Waals surface area contributed by atoms with Crippen LogP contribution < -0.4 is 5.32 Å². The molecule has 100 valence electrons. The summed E-state index contributed by atoms with van der Waals surface area (Å²) < 4.78 is 0. The van der Waals surface area contributed by atoms with Crippen molar-refractivity contribution >= 4 is 11.6 Å². The Morgan fingerprint density at radius 3 is 2.79 bits per heavy atom. The summed E-state index contributed by atoms with van der Waals surface area (Å²) in [5, 5.41) is 4.28. The predicted octanol–water partition coefficient (Wildman–Crippen LogP) is 3.94. The normalized spacial score (nSPS) is 12.4. The molecule has 2 aromatic rings. The fourth-order valence-electron chi connectivity index (χ4n) is 2.27. The van der Waals surface area contributed by atoms with E-state index in [4.69, 9.17) is 11.6 Å². The lowest BCUT2D eigenvalue weighted by atomic mass is 10.00. The van der Waals surface area contributed by atoms with Gasteiger partial charge >= 0.3 is 0 Å². The highest BCUT2D eigenvalue weighted by Crippen LogP contribution is 2.21. The SMILES string of the molecule is CCNC(Cc1cccc(Cl)c1)c1ncccc1C. The lowest BCUT2D eigenvalue weighted by Gasteiger charge is -2.19. The van der Waals surface area contributed by atoms with Gasteiger partial charge in [-0.2, -0.15) is 0 Å². The minimum Gasteiger partial charge on any atom is -0.309 e. The zero-order valence-electron chi connectivity index (χ0n) is 11.4. The van der Waals surface area contributed by atoms with Gasteiger partial charge in [0.15, 0.2) is 0 Å². The van der Waals surface area contributed by atoms with Crippen molar-refractivity contribution in [3.05, 3.63) is 64.4 Å². The molecule has 0 spiro atoms. The summed E-state index contributed by atoms with van der Waals surface area (Å²) in [6.45, 7) is 5.13. The number of aromatic nitrogens is 1. The monoisotopic (exact) mass is 274 g/mol. The van der Waals surface area contributed by atoms with Gasteiger partial charge in [0.25, 0.3) is 0 Å². The number of nitrogens with one attached hydrogen (secondary N) is 1. The lowest BCUT2D eigenvalue weighted by molar-refractivity contribution is 0.534. The van der Waals surface area contributed by atoms with E-state index in [9.17, 15) is 0 Å². The standard InChI is InChI=1S/C16H19ClN2/c1-3-18-15(16-12(2)6-5-9-19-16)11-13-7-4-8-14(17)10-13/h4-10,15,18H,3,11H2,1-2H3. The van der Waals surface area contributed by atoms with Gasteiger partial charge in [-0.3, -0.25) is 4.98 Å². The van der Waals surface area contributed by atoms with E-state index in [2.05, 4.69) is 36.3 Å². The second-order valence-electron chi connectivity index (χ2n) is 4.65. The van der Waals surface area contributed by atoms with Crippen molar-refractivity contribution in [3.63, 3.8) is 0 Å². The van der Waals surface area contributed by atoms with Crippen LogP contribution in [0.4, 0.5) is 0 Å². The van der Waals surface area contributed by atoms with Crippen molar-refractivity contribution in [1.82, 2.24) is 10.3 Å². The second kappa shape index (κ2) is 6.69. The van der Waals surface area contributed by atoms with Crippen molar-refractivity contribution < 1.29 is 0 Å². The fourth-order valence-corrected chi connectivity index (χ4v) is 2.49. The van der Waals surface area contributed by atoms with Crippen LogP contribution in [0.2, 0.25) is 5.02 Å². The van der Waals surface area contributed by atoms with Gasteiger partial charge < -0.3 is 5.32 Å². The Bertz CT molecular complexity index is 540. The van der Waals surface area contributed by atoms with Crippen LogP contribution in [0.25, 0.3) is 0 Å². The third-order valence-electron chi connectivity index (χ3n) is 3.16. The molecule has 1 unspecified atom stereocenters. The quantitative estimate of drug-likeness (QED) is 0.893. The molecule has 0 fully saturated rings. The van der Waals surface area contributed by atoms with Crippen molar-refractivity contribution in [2.75, 3.05) is 6.54 Å². The van der Waals surface area contributed by atoms with Crippen LogP contribution >= 0.6 is 11.6 Å². The highest BCUT2D eigenvalue weighted by molar-refractivity contribution is 6.30. The first-order chi connectivity index (χ1) is 9.20. The van der Waals surface area contributed by atoms with Crippen LogP contribution in [0.15, 0.2) is 42.6 Å². The summed E-state index contributed by atoms with van der Waals surface area (Å²) in [7, 11) is 0. The van der Waals surface area contributed by atoms with E-state index < -0.39 is 0 Å². The van der Waals surface area contributed by atoms with Gasteiger partial charge in [-0.25, -0.2) is 0 Å². The summed E-state index contributed by atoms with van der Waals surface area (Å²) in [4.78, 5) is 4.52. The molecule has 0 aliphatic heterocycles. The van der Waals surface area contributed by atoms with Crippen molar-refractivity contribution in [1.29, 1.82) is 0 Å². The number of hydrogen-bond acceptors (Lipinski definition) is 2. The third kappa shape index (κ3) is 3.79. The Morgan fingerprint density at radius 2 is 2.11 bits per heavy atom. The van der Waals surface area contributed by atoms with Crippen LogP contribution in [0, 0.1) is 6.92 Å². The maximum atomic E-state index is 6.05. The van der Waals surface area contributed by atoms with Crippen molar-refractivity contribution in [2.45, 2.75) is 26.3 Å². The minimum atomic E-state index is 0.227. The molecule has 2 nitrogen and oxygen atoms in total. The van der Waals surface area contributed by atoms with Crippen LogP contribution in [-0.2, 0) is 6.42 Å². The highest BCUT2D eigenvalue weighted by atomic mass is 35.5. The zero-order valence-corrected chi connectivity index (χ0v) is 12.1. The molecule has 0 amide bonds. The zero-order chi connectivity index (χ0) is 13.7. The number of rotatable bonds is 5. The van der Waals surface area contributed by atoms with Gasteiger partial charge in [0.2, 0.25) is 0 Å². The van der Waals surface area contributed by atoms with Gasteiger partial charge in [-0.1, -0.05) is 36.7 Å². The van der Waals surface area contributed by atoms with E-state index in [0.29, 0.717) is 0 Å². The summed E-state index contributed by atoms with van der Waals surface area (Å²) >= 11 is 6.05. The Morgan fingerprint density at radius 1 is 1.26 bits per heavy atom. The fraction of sp³-hybridized carbons (Fsp3) is 0.312. The van der Waals surface area contributed by atoms with E-state index in [1.807, 2.05) is 30.5 Å². The largest absolute Gasteiger partial charge is 0.309 e. The first-order valence-corrected chi connectivity index (χ1v) is 6.98.